The molecular weight excluding hydrogens is 240 g/mol. The van der Waals surface area contributed by atoms with Gasteiger partial charge in [-0.1, -0.05) is 6.07 Å². The maximum atomic E-state index is 11.8. The second kappa shape index (κ2) is 3.96. The molecule has 6 heteroatoms. The average molecular weight is 252 g/mol. The van der Waals surface area contributed by atoms with Gasteiger partial charge in [-0.05, 0) is 25.3 Å². The number of ketones is 1. The highest BCUT2D eigenvalue weighted by molar-refractivity contribution is 7.12. The summed E-state index contributed by atoms with van der Waals surface area (Å²) in [5, 5.41) is 4.31. The number of nitrogens with zero attached hydrogens (tertiary/aromatic N) is 1. The Morgan fingerprint density at radius 2 is 2.18 bits per heavy atom. The Balaban J connectivity index is 2.13. The second-order valence-corrected chi connectivity index (χ2v) is 5.29. The predicted molar refractivity (Wildman–Crippen MR) is 63.0 cm³/mol. The van der Waals surface area contributed by atoms with Crippen LogP contribution in [0.25, 0.3) is 0 Å². The minimum Gasteiger partial charge on any atom is -0.324 e. The molecule has 0 atom stereocenters. The van der Waals surface area contributed by atoms with Gasteiger partial charge in [0.15, 0.2) is 5.78 Å². The minimum atomic E-state index is -0.924. The van der Waals surface area contributed by atoms with Crippen LogP contribution in [-0.4, -0.2) is 34.7 Å². The van der Waals surface area contributed by atoms with Gasteiger partial charge in [-0.2, -0.15) is 0 Å². The molecule has 5 nitrogen and oxygen atoms in total. The number of carbonyl (C=O) groups is 3. The summed E-state index contributed by atoms with van der Waals surface area (Å²) in [4.78, 5) is 36.7. The molecule has 1 aromatic rings. The van der Waals surface area contributed by atoms with E-state index in [1.165, 1.54) is 11.3 Å². The number of urea groups is 1. The van der Waals surface area contributed by atoms with E-state index in [0.717, 1.165) is 4.90 Å². The van der Waals surface area contributed by atoms with Gasteiger partial charge < -0.3 is 5.32 Å². The average Bonchev–Trinajstić information content (AvgIpc) is 2.81. The fraction of sp³-hybridized carbons (Fsp3) is 0.364. The van der Waals surface area contributed by atoms with Crippen molar-refractivity contribution < 1.29 is 14.4 Å². The number of rotatable bonds is 3. The normalized spacial score (nSPS) is 18.4. The van der Waals surface area contributed by atoms with Gasteiger partial charge in [-0.25, -0.2) is 4.79 Å². The van der Waals surface area contributed by atoms with Crippen molar-refractivity contribution in [3.05, 3.63) is 22.4 Å². The summed E-state index contributed by atoms with van der Waals surface area (Å²) >= 11 is 1.30. The van der Waals surface area contributed by atoms with Gasteiger partial charge in [0.2, 0.25) is 0 Å². The van der Waals surface area contributed by atoms with Crippen LogP contribution in [0.2, 0.25) is 0 Å². The van der Waals surface area contributed by atoms with Gasteiger partial charge in [0.05, 0.1) is 11.4 Å². The SMILES string of the molecule is CC1(C)NC(=O)N(CC(=O)c2cccs2)C1=O. The van der Waals surface area contributed by atoms with E-state index in [-0.39, 0.29) is 18.2 Å². The first-order valence-corrected chi connectivity index (χ1v) is 6.00. The molecule has 1 aliphatic heterocycles. The molecule has 1 saturated heterocycles. The van der Waals surface area contributed by atoms with Gasteiger partial charge in [0, 0.05) is 0 Å². The molecule has 2 heterocycles. The Morgan fingerprint density at radius 1 is 1.47 bits per heavy atom. The van der Waals surface area contributed by atoms with Crippen molar-refractivity contribution in [2.24, 2.45) is 0 Å². The predicted octanol–water partition coefficient (Wildman–Crippen LogP) is 1.26. The first-order valence-electron chi connectivity index (χ1n) is 5.12. The van der Waals surface area contributed by atoms with Gasteiger partial charge in [0.1, 0.15) is 5.54 Å². The lowest BCUT2D eigenvalue weighted by Gasteiger charge is -2.14. The zero-order chi connectivity index (χ0) is 12.6. The summed E-state index contributed by atoms with van der Waals surface area (Å²) in [5.41, 5.74) is -0.924. The van der Waals surface area contributed by atoms with Crippen molar-refractivity contribution in [2.75, 3.05) is 6.54 Å². The fourth-order valence-electron chi connectivity index (χ4n) is 1.62. The lowest BCUT2D eigenvalue weighted by atomic mass is 10.1. The lowest BCUT2D eigenvalue weighted by Crippen LogP contribution is -2.41. The highest BCUT2D eigenvalue weighted by atomic mass is 32.1. The third kappa shape index (κ3) is 2.08. The van der Waals surface area contributed by atoms with E-state index in [9.17, 15) is 14.4 Å². The van der Waals surface area contributed by atoms with Crippen molar-refractivity contribution in [1.29, 1.82) is 0 Å². The number of imide groups is 1. The number of carbonyl (C=O) groups excluding carboxylic acids is 3. The van der Waals surface area contributed by atoms with Crippen LogP contribution < -0.4 is 5.32 Å². The summed E-state index contributed by atoms with van der Waals surface area (Å²) < 4.78 is 0. The molecule has 0 unspecified atom stereocenters. The summed E-state index contributed by atoms with van der Waals surface area (Å²) in [6.45, 7) is 3.03. The van der Waals surface area contributed by atoms with Crippen molar-refractivity contribution >= 4 is 29.1 Å². The molecule has 0 aliphatic carbocycles. The minimum absolute atomic E-state index is 0.200. The quantitative estimate of drug-likeness (QED) is 0.650. The maximum Gasteiger partial charge on any atom is 0.325 e. The molecule has 1 aliphatic rings. The number of thiophene rings is 1. The van der Waals surface area contributed by atoms with Crippen LogP contribution in [0.4, 0.5) is 4.79 Å². The number of Topliss-reactive ketones (excluding diaryl/α,β-unsaturated/α-hetero) is 1. The molecule has 1 N–H and O–H groups in total. The summed E-state index contributed by atoms with van der Waals surface area (Å²) in [6.07, 6.45) is 0. The van der Waals surface area contributed by atoms with Crippen molar-refractivity contribution in [3.8, 4) is 0 Å². The molecule has 2 rings (SSSR count). The van der Waals surface area contributed by atoms with E-state index >= 15 is 0 Å². The second-order valence-electron chi connectivity index (χ2n) is 4.35. The van der Waals surface area contributed by atoms with Crippen LogP contribution in [0.5, 0.6) is 0 Å². The Bertz CT molecular complexity index is 479. The molecule has 17 heavy (non-hydrogen) atoms. The van der Waals surface area contributed by atoms with E-state index < -0.39 is 11.6 Å². The molecule has 0 spiro atoms. The van der Waals surface area contributed by atoms with Crippen LogP contribution in [0.1, 0.15) is 23.5 Å². The van der Waals surface area contributed by atoms with Crippen molar-refractivity contribution in [3.63, 3.8) is 0 Å². The smallest absolute Gasteiger partial charge is 0.324 e. The van der Waals surface area contributed by atoms with Crippen LogP contribution in [-0.2, 0) is 4.79 Å². The van der Waals surface area contributed by atoms with Crippen molar-refractivity contribution in [2.45, 2.75) is 19.4 Å². The molecule has 0 bridgehead atoms. The Kier molecular flexibility index (Phi) is 2.74. The molecule has 3 amide bonds. The summed E-state index contributed by atoms with van der Waals surface area (Å²) in [5.74, 6) is -0.589. The first-order chi connectivity index (χ1) is 7.92. The topological polar surface area (TPSA) is 66.5 Å². The standard InChI is InChI=1S/C11H12N2O3S/c1-11(2)9(15)13(10(16)12-11)6-7(14)8-4-3-5-17-8/h3-5H,6H2,1-2H3,(H,12,16). The van der Waals surface area contributed by atoms with Gasteiger partial charge in [-0.3, -0.25) is 14.5 Å². The van der Waals surface area contributed by atoms with Gasteiger partial charge >= 0.3 is 6.03 Å². The Morgan fingerprint density at radius 3 is 2.65 bits per heavy atom. The maximum absolute atomic E-state index is 11.8. The number of nitrogens with one attached hydrogen (secondary N) is 1. The molecule has 1 fully saturated rings. The summed E-state index contributed by atoms with van der Waals surface area (Å²) in [6, 6.07) is 2.93. The molecular formula is C11H12N2O3S. The number of amides is 3. The van der Waals surface area contributed by atoms with E-state index in [4.69, 9.17) is 0 Å². The van der Waals surface area contributed by atoms with E-state index in [1.807, 2.05) is 0 Å². The van der Waals surface area contributed by atoms with E-state index in [0.29, 0.717) is 4.88 Å². The van der Waals surface area contributed by atoms with Crippen LogP contribution >= 0.6 is 11.3 Å². The molecule has 0 aromatic carbocycles. The Labute approximate surface area is 102 Å². The fourth-order valence-corrected chi connectivity index (χ4v) is 2.28. The van der Waals surface area contributed by atoms with Crippen LogP contribution in [0.3, 0.4) is 0 Å². The lowest BCUT2D eigenvalue weighted by molar-refractivity contribution is -0.129. The van der Waals surface area contributed by atoms with E-state index in [2.05, 4.69) is 5.32 Å². The molecule has 0 radical (unpaired) electrons. The van der Waals surface area contributed by atoms with E-state index in [1.54, 1.807) is 31.4 Å². The van der Waals surface area contributed by atoms with Crippen LogP contribution in [0, 0.1) is 0 Å². The highest BCUT2D eigenvalue weighted by Crippen LogP contribution is 2.18. The van der Waals surface area contributed by atoms with Gasteiger partial charge in [0.25, 0.3) is 5.91 Å². The largest absolute Gasteiger partial charge is 0.325 e. The van der Waals surface area contributed by atoms with Gasteiger partial charge in [-0.15, -0.1) is 11.3 Å². The third-order valence-corrected chi connectivity index (χ3v) is 3.45. The highest BCUT2D eigenvalue weighted by Gasteiger charge is 2.44. The third-order valence-electron chi connectivity index (χ3n) is 2.54. The number of hydrogen-bond donors (Lipinski definition) is 1. The molecule has 0 saturated carbocycles. The number of hydrogen-bond acceptors (Lipinski definition) is 4. The van der Waals surface area contributed by atoms with Crippen LogP contribution in [0.15, 0.2) is 17.5 Å². The zero-order valence-electron chi connectivity index (χ0n) is 9.52. The monoisotopic (exact) mass is 252 g/mol. The molecule has 90 valence electrons. The van der Waals surface area contributed by atoms with Crippen molar-refractivity contribution in [1.82, 2.24) is 10.2 Å². The Hall–Kier alpha value is -1.69. The first kappa shape index (κ1) is 11.8. The zero-order valence-corrected chi connectivity index (χ0v) is 10.3. The summed E-state index contributed by atoms with van der Waals surface area (Å²) in [7, 11) is 0. The molecule has 1 aromatic heterocycles.